The Hall–Kier alpha value is 0.650. The maximum atomic E-state index is 5.69. The monoisotopic (exact) mass is 267 g/mol. The largest absolute Gasteiger partial charge is 0.377 e. The summed E-state index contributed by atoms with van der Waals surface area (Å²) in [6.07, 6.45) is 3.14. The van der Waals surface area contributed by atoms with Crippen LogP contribution in [0.3, 0.4) is 0 Å². The van der Waals surface area contributed by atoms with Crippen LogP contribution in [0.2, 0.25) is 0 Å². The van der Waals surface area contributed by atoms with Gasteiger partial charge in [-0.05, 0) is 19.4 Å². The molecule has 2 aliphatic heterocycles. The van der Waals surface area contributed by atoms with Crippen LogP contribution in [0, 0.1) is 5.41 Å². The van der Waals surface area contributed by atoms with Gasteiger partial charge in [0.15, 0.2) is 0 Å². The first-order chi connectivity index (χ1) is 5.35. The first kappa shape index (κ1) is 8.26. The van der Waals surface area contributed by atoms with Crippen LogP contribution in [-0.2, 0) is 4.74 Å². The van der Waals surface area contributed by atoms with Gasteiger partial charge in [-0.15, -0.1) is 0 Å². The fourth-order valence-corrected chi connectivity index (χ4v) is 2.65. The fraction of sp³-hybridized carbons (Fsp3) is 1.00. The molecule has 0 saturated carbocycles. The minimum atomic E-state index is 0.524. The highest BCUT2D eigenvalue weighted by atomic mass is 127. The van der Waals surface area contributed by atoms with Crippen LogP contribution in [0.15, 0.2) is 0 Å². The molecule has 11 heavy (non-hydrogen) atoms. The Morgan fingerprint density at radius 2 is 2.55 bits per heavy atom. The summed E-state index contributed by atoms with van der Waals surface area (Å²) < 4.78 is 6.84. The summed E-state index contributed by atoms with van der Waals surface area (Å²) >= 11 is 2.41. The van der Waals surface area contributed by atoms with Crippen molar-refractivity contribution >= 4 is 22.6 Å². The highest BCUT2D eigenvalue weighted by Crippen LogP contribution is 2.38. The minimum absolute atomic E-state index is 0.524. The van der Waals surface area contributed by atoms with Gasteiger partial charge in [0.05, 0.1) is 12.7 Å². The lowest BCUT2D eigenvalue weighted by Crippen LogP contribution is -2.24. The Balaban J connectivity index is 1.96. The molecule has 2 heterocycles. The molecule has 0 aromatic carbocycles. The van der Waals surface area contributed by atoms with Crippen molar-refractivity contribution in [1.29, 1.82) is 0 Å². The molecule has 2 rings (SSSR count). The average molecular weight is 267 g/mol. The van der Waals surface area contributed by atoms with Gasteiger partial charge in [-0.2, -0.15) is 0 Å². The van der Waals surface area contributed by atoms with E-state index < -0.39 is 0 Å². The molecule has 1 spiro atoms. The van der Waals surface area contributed by atoms with E-state index in [0.717, 1.165) is 11.0 Å². The van der Waals surface area contributed by atoms with Gasteiger partial charge in [0.2, 0.25) is 0 Å². The Labute approximate surface area is 81.2 Å². The molecule has 2 atom stereocenters. The lowest BCUT2D eigenvalue weighted by molar-refractivity contribution is 0.113. The van der Waals surface area contributed by atoms with Crippen molar-refractivity contribution in [3.8, 4) is 0 Å². The summed E-state index contributed by atoms with van der Waals surface area (Å²) in [4.78, 5) is 0. The maximum Gasteiger partial charge on any atom is 0.0671 e. The number of ether oxygens (including phenoxy) is 1. The van der Waals surface area contributed by atoms with Crippen LogP contribution in [0.25, 0.3) is 0 Å². The highest BCUT2D eigenvalue weighted by molar-refractivity contribution is 14.1. The molecule has 0 radical (unpaired) electrons. The molecule has 2 unspecified atom stereocenters. The van der Waals surface area contributed by atoms with E-state index >= 15 is 0 Å². The van der Waals surface area contributed by atoms with Gasteiger partial charge in [0.25, 0.3) is 0 Å². The van der Waals surface area contributed by atoms with E-state index in [1.54, 1.807) is 0 Å². The first-order valence-corrected chi connectivity index (χ1v) is 5.76. The molecule has 0 bridgehead atoms. The third-order valence-electron chi connectivity index (χ3n) is 2.79. The quantitative estimate of drug-likeness (QED) is 0.569. The van der Waals surface area contributed by atoms with Gasteiger partial charge in [0.1, 0.15) is 0 Å². The van der Waals surface area contributed by atoms with Gasteiger partial charge in [0, 0.05) is 16.4 Å². The van der Waals surface area contributed by atoms with E-state index in [-0.39, 0.29) is 0 Å². The molecule has 64 valence electrons. The van der Waals surface area contributed by atoms with Gasteiger partial charge in [-0.1, -0.05) is 22.6 Å². The maximum absolute atomic E-state index is 5.69. The van der Waals surface area contributed by atoms with Crippen molar-refractivity contribution in [3.05, 3.63) is 0 Å². The summed E-state index contributed by atoms with van der Waals surface area (Å²) in [5.74, 6) is 0. The van der Waals surface area contributed by atoms with Crippen molar-refractivity contribution in [2.45, 2.75) is 18.9 Å². The molecule has 2 saturated heterocycles. The first-order valence-electron chi connectivity index (χ1n) is 4.23. The van der Waals surface area contributed by atoms with Crippen molar-refractivity contribution in [1.82, 2.24) is 5.32 Å². The van der Waals surface area contributed by atoms with Crippen molar-refractivity contribution < 1.29 is 4.74 Å². The smallest absolute Gasteiger partial charge is 0.0671 e. The standard InChI is InChI=1S/C8H14INO/c9-4-7-3-8(6-11-7)1-2-10-5-8/h7,10H,1-6H2. The number of rotatable bonds is 1. The number of halogens is 1. The van der Waals surface area contributed by atoms with Crippen LogP contribution in [0.4, 0.5) is 0 Å². The summed E-state index contributed by atoms with van der Waals surface area (Å²) in [6.45, 7) is 3.37. The number of hydrogen-bond donors (Lipinski definition) is 1. The number of nitrogens with one attached hydrogen (secondary N) is 1. The van der Waals surface area contributed by atoms with Gasteiger partial charge < -0.3 is 10.1 Å². The lowest BCUT2D eigenvalue weighted by Gasteiger charge is -2.18. The predicted octanol–water partition coefficient (Wildman–Crippen LogP) is 1.19. The summed E-state index contributed by atoms with van der Waals surface area (Å²) in [5.41, 5.74) is 0.524. The molecule has 0 aromatic heterocycles. The molecule has 0 aromatic rings. The van der Waals surface area contributed by atoms with Gasteiger partial charge in [-0.25, -0.2) is 0 Å². The van der Waals surface area contributed by atoms with E-state index in [4.69, 9.17) is 4.74 Å². The Kier molecular flexibility index (Phi) is 2.39. The molecule has 0 aliphatic carbocycles. The number of hydrogen-bond acceptors (Lipinski definition) is 2. The molecular formula is C8H14INO. The van der Waals surface area contributed by atoms with Crippen LogP contribution in [0.5, 0.6) is 0 Å². The summed E-state index contributed by atoms with van der Waals surface area (Å²) in [7, 11) is 0. The second kappa shape index (κ2) is 3.18. The SMILES string of the molecule is ICC1CC2(CCNC2)CO1. The van der Waals surface area contributed by atoms with Gasteiger partial charge in [-0.3, -0.25) is 0 Å². The zero-order chi connectivity index (χ0) is 7.73. The number of alkyl halides is 1. The van der Waals surface area contributed by atoms with Crippen molar-refractivity contribution in [3.63, 3.8) is 0 Å². The Morgan fingerprint density at radius 3 is 3.09 bits per heavy atom. The average Bonchev–Trinajstić information content (AvgIpc) is 2.62. The Morgan fingerprint density at radius 1 is 1.64 bits per heavy atom. The van der Waals surface area contributed by atoms with Crippen molar-refractivity contribution in [2.75, 3.05) is 24.1 Å². The van der Waals surface area contributed by atoms with E-state index in [1.807, 2.05) is 0 Å². The van der Waals surface area contributed by atoms with E-state index in [1.165, 1.54) is 25.9 Å². The van der Waals surface area contributed by atoms with E-state index in [0.29, 0.717) is 11.5 Å². The van der Waals surface area contributed by atoms with Crippen molar-refractivity contribution in [2.24, 2.45) is 5.41 Å². The zero-order valence-electron chi connectivity index (χ0n) is 6.61. The molecule has 2 nitrogen and oxygen atoms in total. The van der Waals surface area contributed by atoms with Crippen LogP contribution in [-0.4, -0.2) is 30.2 Å². The summed E-state index contributed by atoms with van der Waals surface area (Å²) in [5, 5.41) is 3.42. The lowest BCUT2D eigenvalue weighted by atomic mass is 9.85. The highest BCUT2D eigenvalue weighted by Gasteiger charge is 2.41. The molecule has 1 N–H and O–H groups in total. The molecule has 0 amide bonds. The molecule has 2 aliphatic rings. The second-order valence-electron chi connectivity index (χ2n) is 3.72. The zero-order valence-corrected chi connectivity index (χ0v) is 8.76. The second-order valence-corrected chi connectivity index (χ2v) is 4.60. The molecule has 2 fully saturated rings. The summed E-state index contributed by atoms with van der Waals surface area (Å²) in [6, 6.07) is 0. The van der Waals surface area contributed by atoms with Crippen LogP contribution < -0.4 is 5.32 Å². The predicted molar refractivity (Wildman–Crippen MR) is 53.2 cm³/mol. The fourth-order valence-electron chi connectivity index (χ4n) is 2.09. The van der Waals surface area contributed by atoms with Crippen LogP contribution >= 0.6 is 22.6 Å². The minimum Gasteiger partial charge on any atom is -0.377 e. The normalized spacial score (nSPS) is 43.9. The van der Waals surface area contributed by atoms with E-state index in [2.05, 4.69) is 27.9 Å². The topological polar surface area (TPSA) is 21.3 Å². The molecular weight excluding hydrogens is 253 g/mol. The van der Waals surface area contributed by atoms with E-state index in [9.17, 15) is 0 Å². The third kappa shape index (κ3) is 1.55. The Bertz CT molecular complexity index is 145. The molecule has 3 heteroatoms. The van der Waals surface area contributed by atoms with Crippen LogP contribution in [0.1, 0.15) is 12.8 Å². The van der Waals surface area contributed by atoms with Gasteiger partial charge >= 0.3 is 0 Å². The third-order valence-corrected chi connectivity index (χ3v) is 3.77.